The van der Waals surface area contributed by atoms with E-state index in [0.717, 1.165) is 0 Å². The summed E-state index contributed by atoms with van der Waals surface area (Å²) >= 11 is 0. The first-order valence-corrected chi connectivity index (χ1v) is 3.49. The van der Waals surface area contributed by atoms with Gasteiger partial charge in [0.2, 0.25) is 0 Å². The average Bonchev–Trinajstić information content (AvgIpc) is 1.97. The number of ether oxygens (including phenoxy) is 1. The molecule has 0 spiro atoms. The molecule has 7 N–H and O–H groups in total. The van der Waals surface area contributed by atoms with Crippen LogP contribution in [0.4, 0.5) is 0 Å². The smallest absolute Gasteiger partial charge is 0.319 e. The molecule has 6 heteroatoms. The summed E-state index contributed by atoms with van der Waals surface area (Å²) in [7, 11) is 0. The highest BCUT2D eigenvalue weighted by atomic mass is 16.5. The molecule has 0 aromatic rings. The molecule has 0 aliphatic rings. The minimum Gasteiger partial charge on any atom is -0.462 e. The first-order valence-electron chi connectivity index (χ1n) is 3.49. The standard InChI is InChI=1S/C6H15N3O3/c1-6(8,9)4(10)3-12-5(11)2-7/h4,10H,2-3,7-9H2,1H3. The molecule has 0 aliphatic carbocycles. The van der Waals surface area contributed by atoms with Crippen LogP contribution in [0.3, 0.4) is 0 Å². The molecule has 0 aliphatic heterocycles. The molecule has 6 nitrogen and oxygen atoms in total. The lowest BCUT2D eigenvalue weighted by Crippen LogP contribution is -2.58. The second-order valence-corrected chi connectivity index (χ2v) is 2.77. The van der Waals surface area contributed by atoms with Crippen molar-refractivity contribution in [2.24, 2.45) is 17.2 Å². The summed E-state index contributed by atoms with van der Waals surface area (Å²) in [5, 5.41) is 9.16. The van der Waals surface area contributed by atoms with Crippen LogP contribution in [0.25, 0.3) is 0 Å². The van der Waals surface area contributed by atoms with E-state index >= 15 is 0 Å². The van der Waals surface area contributed by atoms with Gasteiger partial charge in [-0.1, -0.05) is 0 Å². The minimum atomic E-state index is -1.27. The number of nitrogens with two attached hydrogens (primary N) is 3. The Balaban J connectivity index is 3.72. The van der Waals surface area contributed by atoms with Crippen LogP contribution in [-0.2, 0) is 9.53 Å². The minimum absolute atomic E-state index is 0.224. The van der Waals surface area contributed by atoms with Gasteiger partial charge in [0.25, 0.3) is 0 Å². The molecule has 0 radical (unpaired) electrons. The average molecular weight is 177 g/mol. The van der Waals surface area contributed by atoms with E-state index in [-0.39, 0.29) is 13.2 Å². The SMILES string of the molecule is CC(N)(N)C(O)COC(=O)CN. The molecule has 0 heterocycles. The molecule has 12 heavy (non-hydrogen) atoms. The predicted molar refractivity (Wildman–Crippen MR) is 42.8 cm³/mol. The van der Waals surface area contributed by atoms with E-state index in [9.17, 15) is 4.79 Å². The largest absolute Gasteiger partial charge is 0.462 e. The molecule has 0 saturated heterocycles. The van der Waals surface area contributed by atoms with E-state index < -0.39 is 17.7 Å². The molecule has 0 aromatic heterocycles. The third-order valence-electron chi connectivity index (χ3n) is 1.29. The lowest BCUT2D eigenvalue weighted by molar-refractivity contribution is -0.146. The summed E-state index contributed by atoms with van der Waals surface area (Å²) in [6.07, 6.45) is -1.09. The highest BCUT2D eigenvalue weighted by Crippen LogP contribution is 1.98. The van der Waals surface area contributed by atoms with Crippen LogP contribution in [0.5, 0.6) is 0 Å². The van der Waals surface area contributed by atoms with Crippen LogP contribution in [0.2, 0.25) is 0 Å². The zero-order valence-corrected chi connectivity index (χ0v) is 6.99. The van der Waals surface area contributed by atoms with Crippen LogP contribution < -0.4 is 17.2 Å². The Bertz CT molecular complexity index is 155. The van der Waals surface area contributed by atoms with E-state index in [4.69, 9.17) is 22.3 Å². The number of carbonyl (C=O) groups is 1. The van der Waals surface area contributed by atoms with Gasteiger partial charge in [-0.25, -0.2) is 0 Å². The Hall–Kier alpha value is -0.690. The van der Waals surface area contributed by atoms with Crippen LogP contribution >= 0.6 is 0 Å². The van der Waals surface area contributed by atoms with Gasteiger partial charge < -0.3 is 27.0 Å². The van der Waals surface area contributed by atoms with Crippen molar-refractivity contribution in [1.29, 1.82) is 0 Å². The molecular weight excluding hydrogens is 162 g/mol. The zero-order chi connectivity index (χ0) is 9.78. The van der Waals surface area contributed by atoms with Gasteiger partial charge in [-0.05, 0) is 6.92 Å². The van der Waals surface area contributed by atoms with Crippen molar-refractivity contribution in [2.45, 2.75) is 18.7 Å². The van der Waals surface area contributed by atoms with Gasteiger partial charge in [-0.15, -0.1) is 0 Å². The number of rotatable bonds is 4. The molecule has 0 amide bonds. The van der Waals surface area contributed by atoms with Gasteiger partial charge in [0, 0.05) is 0 Å². The highest BCUT2D eigenvalue weighted by Gasteiger charge is 2.24. The van der Waals surface area contributed by atoms with E-state index in [1.54, 1.807) is 0 Å². The van der Waals surface area contributed by atoms with Gasteiger partial charge >= 0.3 is 5.97 Å². The number of esters is 1. The van der Waals surface area contributed by atoms with Crippen LogP contribution in [0.1, 0.15) is 6.92 Å². The van der Waals surface area contributed by atoms with Crippen molar-refractivity contribution >= 4 is 5.97 Å². The molecule has 0 aromatic carbocycles. The first kappa shape index (κ1) is 11.3. The number of hydrogen-bond donors (Lipinski definition) is 4. The van der Waals surface area contributed by atoms with Crippen LogP contribution in [0, 0.1) is 0 Å². The van der Waals surface area contributed by atoms with E-state index in [0.29, 0.717) is 0 Å². The summed E-state index contributed by atoms with van der Waals surface area (Å²) in [4.78, 5) is 10.5. The van der Waals surface area contributed by atoms with Crippen molar-refractivity contribution in [3.63, 3.8) is 0 Å². The maximum atomic E-state index is 10.5. The van der Waals surface area contributed by atoms with E-state index in [2.05, 4.69) is 4.74 Å². The Morgan fingerprint density at radius 2 is 2.17 bits per heavy atom. The van der Waals surface area contributed by atoms with Gasteiger partial charge in [0.05, 0.1) is 12.2 Å². The molecule has 0 rings (SSSR count). The topological polar surface area (TPSA) is 125 Å². The lowest BCUT2D eigenvalue weighted by atomic mass is 10.1. The van der Waals surface area contributed by atoms with E-state index in [1.807, 2.05) is 0 Å². The second-order valence-electron chi connectivity index (χ2n) is 2.77. The van der Waals surface area contributed by atoms with Crippen molar-refractivity contribution in [2.75, 3.05) is 13.2 Å². The number of carbonyl (C=O) groups excluding carboxylic acids is 1. The zero-order valence-electron chi connectivity index (χ0n) is 6.99. The molecule has 0 saturated carbocycles. The third kappa shape index (κ3) is 4.24. The molecule has 0 bridgehead atoms. The Kier molecular flexibility index (Phi) is 4.11. The Morgan fingerprint density at radius 3 is 2.50 bits per heavy atom. The van der Waals surface area contributed by atoms with Crippen molar-refractivity contribution in [1.82, 2.24) is 0 Å². The molecule has 72 valence electrons. The van der Waals surface area contributed by atoms with Gasteiger partial charge in [-0.2, -0.15) is 0 Å². The summed E-state index contributed by atoms with van der Waals surface area (Å²) in [5.41, 5.74) is 14.3. The van der Waals surface area contributed by atoms with E-state index in [1.165, 1.54) is 6.92 Å². The van der Waals surface area contributed by atoms with Gasteiger partial charge in [-0.3, -0.25) is 4.79 Å². The Labute approximate surface area is 70.7 Å². The molecular formula is C6H15N3O3. The normalized spacial score (nSPS) is 14.1. The second kappa shape index (κ2) is 4.36. The van der Waals surface area contributed by atoms with Crippen LogP contribution in [-0.4, -0.2) is 36.0 Å². The fourth-order valence-electron chi connectivity index (χ4n) is 0.410. The lowest BCUT2D eigenvalue weighted by Gasteiger charge is -2.24. The van der Waals surface area contributed by atoms with Gasteiger partial charge in [0.1, 0.15) is 12.7 Å². The number of aliphatic hydroxyl groups is 1. The van der Waals surface area contributed by atoms with Gasteiger partial charge in [0.15, 0.2) is 0 Å². The van der Waals surface area contributed by atoms with Crippen molar-refractivity contribution < 1.29 is 14.6 Å². The molecule has 0 fully saturated rings. The van der Waals surface area contributed by atoms with Crippen molar-refractivity contribution in [3.05, 3.63) is 0 Å². The molecule has 1 atom stereocenters. The maximum Gasteiger partial charge on any atom is 0.319 e. The summed E-state index contributed by atoms with van der Waals surface area (Å²) in [5.74, 6) is -0.599. The quantitative estimate of drug-likeness (QED) is 0.277. The fourth-order valence-corrected chi connectivity index (χ4v) is 0.410. The third-order valence-corrected chi connectivity index (χ3v) is 1.29. The first-order chi connectivity index (χ1) is 5.38. The highest BCUT2D eigenvalue weighted by molar-refractivity contribution is 5.71. The Morgan fingerprint density at radius 1 is 1.67 bits per heavy atom. The fraction of sp³-hybridized carbons (Fsp3) is 0.833. The number of hydrogen-bond acceptors (Lipinski definition) is 6. The molecule has 1 unspecified atom stereocenters. The summed E-state index contributed by atoms with van der Waals surface area (Å²) in [6.45, 7) is 0.964. The number of aliphatic hydroxyl groups excluding tert-OH is 1. The van der Waals surface area contributed by atoms with Crippen molar-refractivity contribution in [3.8, 4) is 0 Å². The monoisotopic (exact) mass is 177 g/mol. The summed E-state index contributed by atoms with van der Waals surface area (Å²) < 4.78 is 4.51. The maximum absolute atomic E-state index is 10.5. The predicted octanol–water partition coefficient (Wildman–Crippen LogP) is -2.52. The van der Waals surface area contributed by atoms with Crippen LogP contribution in [0.15, 0.2) is 0 Å². The summed E-state index contributed by atoms with van der Waals surface area (Å²) in [6, 6.07) is 0.